The zero-order chi connectivity index (χ0) is 27.1. The molecule has 1 aliphatic rings. The van der Waals surface area contributed by atoms with Crippen molar-refractivity contribution in [1.82, 2.24) is 14.5 Å². The van der Waals surface area contributed by atoms with Gasteiger partial charge in [0.1, 0.15) is 29.8 Å². The maximum Gasteiger partial charge on any atom is 0.340 e. The minimum Gasteiger partial charge on any atom is -0.387 e. The number of hydrogen-bond donors (Lipinski definition) is 5. The molecule has 5 atom stereocenters. The summed E-state index contributed by atoms with van der Waals surface area (Å²) >= 11 is 6.15. The molecule has 3 heterocycles. The predicted octanol–water partition coefficient (Wildman–Crippen LogP) is 1.30. The van der Waals surface area contributed by atoms with E-state index in [1.807, 2.05) is 13.0 Å². The third kappa shape index (κ3) is 6.11. The second-order valence-electron chi connectivity index (χ2n) is 8.66. The van der Waals surface area contributed by atoms with Crippen LogP contribution in [0.25, 0.3) is 11.0 Å². The molecule has 0 saturated carbocycles. The summed E-state index contributed by atoms with van der Waals surface area (Å²) in [6.07, 6.45) is -4.46. The fourth-order valence-corrected chi connectivity index (χ4v) is 7.56. The molecule has 4 rings (SSSR count). The second kappa shape index (κ2) is 10.3. The van der Waals surface area contributed by atoms with Crippen LogP contribution in [0.2, 0.25) is 5.28 Å². The highest BCUT2D eigenvalue weighted by Crippen LogP contribution is 2.39. The van der Waals surface area contributed by atoms with Crippen molar-refractivity contribution in [2.45, 2.75) is 37.5 Å². The van der Waals surface area contributed by atoms with Crippen LogP contribution in [0.4, 0.5) is 5.82 Å². The Morgan fingerprint density at radius 2 is 2.00 bits per heavy atom. The molecule has 5 N–H and O–H groups in total. The molecule has 3 aromatic rings. The van der Waals surface area contributed by atoms with Crippen LogP contribution in [0, 0.1) is 11.3 Å². The first kappa shape index (κ1) is 27.4. The van der Waals surface area contributed by atoms with Gasteiger partial charge >= 0.3 is 7.60 Å². The molecule has 1 unspecified atom stereocenters. The molecule has 37 heavy (non-hydrogen) atoms. The van der Waals surface area contributed by atoms with Gasteiger partial charge in [0.15, 0.2) is 21.6 Å². The fourth-order valence-electron chi connectivity index (χ4n) is 4.14. The number of anilines is 1. The van der Waals surface area contributed by atoms with Gasteiger partial charge in [-0.25, -0.2) is 13.4 Å². The zero-order valence-electron chi connectivity index (χ0n) is 19.2. The van der Waals surface area contributed by atoms with Crippen LogP contribution in [0.5, 0.6) is 0 Å². The summed E-state index contributed by atoms with van der Waals surface area (Å²) in [5.41, 5.74) is 0.118. The van der Waals surface area contributed by atoms with E-state index < -0.39 is 53.2 Å². The maximum atomic E-state index is 12.2. The third-order valence-electron chi connectivity index (χ3n) is 5.81. The van der Waals surface area contributed by atoms with Gasteiger partial charge in [-0.2, -0.15) is 10.2 Å². The van der Waals surface area contributed by atoms with Crippen molar-refractivity contribution in [2.75, 3.05) is 16.6 Å². The van der Waals surface area contributed by atoms with Gasteiger partial charge in [0.25, 0.3) is 0 Å². The Hall–Kier alpha value is -2.60. The average Bonchev–Trinajstić information content (AvgIpc) is 3.33. The first-order chi connectivity index (χ1) is 17.3. The highest BCUT2D eigenvalue weighted by atomic mass is 35.5. The van der Waals surface area contributed by atoms with E-state index in [0.29, 0.717) is 16.8 Å². The minimum atomic E-state index is -4.87. The summed E-state index contributed by atoms with van der Waals surface area (Å²) in [4.78, 5) is 26.5. The molecular formula is C21H23ClN5O8PS. The number of sulfone groups is 1. The molecule has 0 amide bonds. The Kier molecular flexibility index (Phi) is 7.62. The Morgan fingerprint density at radius 3 is 2.68 bits per heavy atom. The largest absolute Gasteiger partial charge is 0.387 e. The second-order valence-corrected chi connectivity index (χ2v) is 13.2. The molecule has 2 aromatic heterocycles. The molecule has 0 spiro atoms. The van der Waals surface area contributed by atoms with Crippen molar-refractivity contribution in [3.63, 3.8) is 0 Å². The van der Waals surface area contributed by atoms with Crippen molar-refractivity contribution in [3.05, 3.63) is 52.9 Å². The van der Waals surface area contributed by atoms with Crippen molar-refractivity contribution < 1.29 is 37.7 Å². The van der Waals surface area contributed by atoms with E-state index >= 15 is 0 Å². The molecule has 1 aromatic carbocycles. The number of nitrogens with one attached hydrogen (secondary N) is 1. The summed E-state index contributed by atoms with van der Waals surface area (Å²) in [6, 6.07) is 10.4. The third-order valence-corrected chi connectivity index (χ3v) is 9.73. The summed E-state index contributed by atoms with van der Waals surface area (Å²) in [5.74, 6) is -0.564. The van der Waals surface area contributed by atoms with E-state index in [4.69, 9.17) is 31.4 Å². The van der Waals surface area contributed by atoms with E-state index in [-0.39, 0.29) is 17.0 Å². The van der Waals surface area contributed by atoms with E-state index in [2.05, 4.69) is 21.4 Å². The van der Waals surface area contributed by atoms with Crippen molar-refractivity contribution >= 4 is 45.9 Å². The maximum absolute atomic E-state index is 12.2. The fraction of sp³-hybridized carbons (Fsp3) is 0.381. The van der Waals surface area contributed by atoms with Crippen LogP contribution >= 0.6 is 19.2 Å². The number of rotatable bonds is 8. The lowest BCUT2D eigenvalue weighted by atomic mass is 10.1. The number of nitrogens with zero attached hydrogens (tertiary/aromatic N) is 4. The summed E-state index contributed by atoms with van der Waals surface area (Å²) < 4.78 is 42.5. The van der Waals surface area contributed by atoms with Gasteiger partial charge in [-0.3, -0.25) is 4.57 Å². The standard InChI is InChI=1S/C21H23ClN5O8PS/c1-11(13-4-2-3-12(7-13)8-23)24-18-14-5-6-27(19(14)26-21(22)25-18)20-17(29)16(28)15(35-20)9-37(33,34)10-36(30,31)32/h2-7,11,15-17,20,28-29H,9-10H2,1H3,(H,24,25,26)(H2,30,31,32)/t11?,15-,16-,17-,20-/m1/s1. The topological polar surface area (TPSA) is 208 Å². The smallest absolute Gasteiger partial charge is 0.340 e. The number of aliphatic hydroxyl groups is 2. The molecule has 0 aliphatic carbocycles. The predicted molar refractivity (Wildman–Crippen MR) is 132 cm³/mol. The molecule has 1 fully saturated rings. The van der Waals surface area contributed by atoms with Gasteiger partial charge in [0, 0.05) is 6.20 Å². The highest BCUT2D eigenvalue weighted by molar-refractivity contribution is 7.97. The van der Waals surface area contributed by atoms with Gasteiger partial charge in [0.05, 0.1) is 28.8 Å². The van der Waals surface area contributed by atoms with Gasteiger partial charge < -0.3 is 34.6 Å². The molecule has 16 heteroatoms. The van der Waals surface area contributed by atoms with Gasteiger partial charge in [0.2, 0.25) is 5.28 Å². The first-order valence-electron chi connectivity index (χ1n) is 10.9. The molecule has 13 nitrogen and oxygen atoms in total. The van der Waals surface area contributed by atoms with E-state index in [9.17, 15) is 23.2 Å². The zero-order valence-corrected chi connectivity index (χ0v) is 21.7. The number of benzene rings is 1. The molecule has 0 radical (unpaired) electrons. The summed E-state index contributed by atoms with van der Waals surface area (Å²) in [6.45, 7) is 1.86. The highest BCUT2D eigenvalue weighted by Gasteiger charge is 2.46. The SMILES string of the molecule is CC(Nc1nc(Cl)nc2c1ccn2[C@@H]1O[C@H](CS(=O)(=O)CP(=O)(O)O)[C@@H](O)[C@H]1O)c1cccc(C#N)c1. The first-order valence-corrected chi connectivity index (χ1v) is 14.8. The van der Waals surface area contributed by atoms with E-state index in [1.54, 1.807) is 24.3 Å². The normalized spacial score (nSPS) is 23.2. The van der Waals surface area contributed by atoms with Crippen molar-refractivity contribution in [1.29, 1.82) is 5.26 Å². The number of hydrogen-bond acceptors (Lipinski definition) is 10. The van der Waals surface area contributed by atoms with Crippen molar-refractivity contribution in [3.8, 4) is 6.07 Å². The van der Waals surface area contributed by atoms with Crippen LogP contribution < -0.4 is 5.32 Å². The number of aromatic nitrogens is 3. The molecule has 1 saturated heterocycles. The Bertz CT molecular complexity index is 1520. The molecule has 198 valence electrons. The quantitative estimate of drug-likeness (QED) is 0.191. The summed E-state index contributed by atoms with van der Waals surface area (Å²) in [5, 5.41) is 33.7. The van der Waals surface area contributed by atoms with Crippen LogP contribution in [0.3, 0.4) is 0 Å². The number of fused-ring (bicyclic) bond motifs is 1. The minimum absolute atomic E-state index is 0.137. The summed E-state index contributed by atoms with van der Waals surface area (Å²) in [7, 11) is -9.19. The number of aliphatic hydroxyl groups excluding tert-OH is 2. The van der Waals surface area contributed by atoms with Gasteiger partial charge in [-0.1, -0.05) is 12.1 Å². The Morgan fingerprint density at radius 1 is 1.27 bits per heavy atom. The van der Waals surface area contributed by atoms with Crippen molar-refractivity contribution in [2.24, 2.45) is 0 Å². The molecular weight excluding hydrogens is 549 g/mol. The van der Waals surface area contributed by atoms with E-state index in [1.165, 1.54) is 10.8 Å². The molecule has 0 bridgehead atoms. The van der Waals surface area contributed by atoms with Crippen LogP contribution in [-0.2, 0) is 19.1 Å². The number of nitriles is 1. The number of ether oxygens (including phenoxy) is 1. The van der Waals surface area contributed by atoms with E-state index in [0.717, 1.165) is 5.56 Å². The van der Waals surface area contributed by atoms with Gasteiger partial charge in [-0.15, -0.1) is 0 Å². The average molecular weight is 572 g/mol. The Balaban J connectivity index is 1.61. The lowest BCUT2D eigenvalue weighted by molar-refractivity contribution is -0.0288. The monoisotopic (exact) mass is 571 g/mol. The van der Waals surface area contributed by atoms with Crippen LogP contribution in [0.1, 0.15) is 30.3 Å². The number of halogens is 1. The van der Waals surface area contributed by atoms with Crippen LogP contribution in [0.15, 0.2) is 36.5 Å². The lowest BCUT2D eigenvalue weighted by Gasteiger charge is -2.19. The van der Waals surface area contributed by atoms with Crippen LogP contribution in [-0.4, -0.2) is 72.5 Å². The Labute approximate surface area is 216 Å². The van der Waals surface area contributed by atoms with Gasteiger partial charge in [-0.05, 0) is 42.3 Å². The lowest BCUT2D eigenvalue weighted by Crippen LogP contribution is -2.35. The molecule has 1 aliphatic heterocycles.